The van der Waals surface area contributed by atoms with Crippen molar-refractivity contribution in [3.63, 3.8) is 0 Å². The van der Waals surface area contributed by atoms with Gasteiger partial charge in [0.15, 0.2) is 0 Å². The summed E-state index contributed by atoms with van der Waals surface area (Å²) in [6.45, 7) is 2.24. The summed E-state index contributed by atoms with van der Waals surface area (Å²) in [6, 6.07) is 8.00. The number of carbonyl (C=O) groups excluding carboxylic acids is 1. The average molecular weight is 261 g/mol. The molecule has 0 fully saturated rings. The Balaban J connectivity index is 2.47. The molecule has 1 aromatic rings. The van der Waals surface area contributed by atoms with Crippen LogP contribution in [0.1, 0.15) is 61.4 Å². The van der Waals surface area contributed by atoms with E-state index in [1.165, 1.54) is 44.1 Å². The maximum absolute atomic E-state index is 12.1. The van der Waals surface area contributed by atoms with Gasteiger partial charge < -0.3 is 4.90 Å². The van der Waals surface area contributed by atoms with E-state index in [4.69, 9.17) is 0 Å². The Morgan fingerprint density at radius 2 is 1.63 bits per heavy atom. The number of aryl methyl sites for hydroxylation is 1. The van der Waals surface area contributed by atoms with Crippen LogP contribution in [-0.4, -0.2) is 24.9 Å². The van der Waals surface area contributed by atoms with Gasteiger partial charge in [0.05, 0.1) is 0 Å². The van der Waals surface area contributed by atoms with Gasteiger partial charge in [-0.2, -0.15) is 0 Å². The zero-order valence-electron chi connectivity index (χ0n) is 12.6. The third-order valence-corrected chi connectivity index (χ3v) is 3.45. The van der Waals surface area contributed by atoms with Gasteiger partial charge in [-0.05, 0) is 24.5 Å². The lowest BCUT2D eigenvalue weighted by Gasteiger charge is -2.14. The van der Waals surface area contributed by atoms with Gasteiger partial charge in [0.2, 0.25) is 0 Å². The molecule has 19 heavy (non-hydrogen) atoms. The highest BCUT2D eigenvalue weighted by atomic mass is 16.2. The number of benzene rings is 1. The van der Waals surface area contributed by atoms with Crippen molar-refractivity contribution >= 4 is 5.91 Å². The molecule has 0 heterocycles. The topological polar surface area (TPSA) is 20.3 Å². The van der Waals surface area contributed by atoms with Crippen LogP contribution in [0, 0.1) is 0 Å². The number of hydrogen-bond donors (Lipinski definition) is 0. The van der Waals surface area contributed by atoms with Crippen molar-refractivity contribution in [1.82, 2.24) is 4.90 Å². The van der Waals surface area contributed by atoms with Gasteiger partial charge in [-0.25, -0.2) is 0 Å². The van der Waals surface area contributed by atoms with E-state index in [2.05, 4.69) is 13.0 Å². The van der Waals surface area contributed by atoms with Crippen LogP contribution < -0.4 is 0 Å². The van der Waals surface area contributed by atoms with Crippen LogP contribution in [0.2, 0.25) is 0 Å². The molecule has 0 unspecified atom stereocenters. The van der Waals surface area contributed by atoms with Gasteiger partial charge in [-0.15, -0.1) is 0 Å². The highest BCUT2D eigenvalue weighted by Crippen LogP contribution is 2.15. The normalized spacial score (nSPS) is 10.5. The molecule has 0 saturated heterocycles. The SMILES string of the molecule is CCCCCCCCc1ccccc1C(=O)N(C)C. The number of nitrogens with zero attached hydrogens (tertiary/aromatic N) is 1. The Morgan fingerprint density at radius 1 is 1.00 bits per heavy atom. The lowest BCUT2D eigenvalue weighted by Crippen LogP contribution is -2.22. The Bertz CT molecular complexity index is 385. The fraction of sp³-hybridized carbons (Fsp3) is 0.588. The molecule has 0 spiro atoms. The summed E-state index contributed by atoms with van der Waals surface area (Å²) >= 11 is 0. The van der Waals surface area contributed by atoms with E-state index < -0.39 is 0 Å². The van der Waals surface area contributed by atoms with E-state index in [9.17, 15) is 4.79 Å². The summed E-state index contributed by atoms with van der Waals surface area (Å²) in [7, 11) is 3.62. The fourth-order valence-electron chi connectivity index (χ4n) is 2.28. The minimum Gasteiger partial charge on any atom is -0.345 e. The van der Waals surface area contributed by atoms with Crippen molar-refractivity contribution in [3.8, 4) is 0 Å². The molecule has 2 heteroatoms. The van der Waals surface area contributed by atoms with Crippen LogP contribution in [0.25, 0.3) is 0 Å². The Morgan fingerprint density at radius 3 is 2.32 bits per heavy atom. The second kappa shape index (κ2) is 8.73. The van der Waals surface area contributed by atoms with Crippen molar-refractivity contribution in [2.45, 2.75) is 51.9 Å². The minimum atomic E-state index is 0.113. The first-order chi connectivity index (χ1) is 9.16. The van der Waals surface area contributed by atoms with Gasteiger partial charge in [0.1, 0.15) is 0 Å². The molecule has 0 N–H and O–H groups in total. The van der Waals surface area contributed by atoms with E-state index in [0.717, 1.165) is 12.0 Å². The van der Waals surface area contributed by atoms with Crippen LogP contribution in [0.15, 0.2) is 24.3 Å². The van der Waals surface area contributed by atoms with Gasteiger partial charge in [0, 0.05) is 19.7 Å². The monoisotopic (exact) mass is 261 g/mol. The zero-order chi connectivity index (χ0) is 14.1. The lowest BCUT2D eigenvalue weighted by atomic mass is 10.00. The number of hydrogen-bond acceptors (Lipinski definition) is 1. The second-order valence-corrected chi connectivity index (χ2v) is 5.37. The van der Waals surface area contributed by atoms with Crippen LogP contribution in [0.4, 0.5) is 0 Å². The summed E-state index contributed by atoms with van der Waals surface area (Å²) in [5, 5.41) is 0. The van der Waals surface area contributed by atoms with Crippen molar-refractivity contribution in [3.05, 3.63) is 35.4 Å². The van der Waals surface area contributed by atoms with Crippen LogP contribution in [-0.2, 0) is 6.42 Å². The fourth-order valence-corrected chi connectivity index (χ4v) is 2.28. The van der Waals surface area contributed by atoms with Crippen LogP contribution in [0.5, 0.6) is 0 Å². The average Bonchev–Trinajstić information content (AvgIpc) is 2.42. The molecule has 1 aromatic carbocycles. The molecule has 1 rings (SSSR count). The summed E-state index contributed by atoms with van der Waals surface area (Å²) in [6.07, 6.45) is 8.76. The Labute approximate surface area is 117 Å². The Hall–Kier alpha value is -1.31. The second-order valence-electron chi connectivity index (χ2n) is 5.37. The van der Waals surface area contributed by atoms with Gasteiger partial charge in [0.25, 0.3) is 5.91 Å². The maximum Gasteiger partial charge on any atom is 0.253 e. The highest BCUT2D eigenvalue weighted by Gasteiger charge is 2.11. The first-order valence-corrected chi connectivity index (χ1v) is 7.46. The minimum absolute atomic E-state index is 0.113. The molecular formula is C17H27NO. The summed E-state index contributed by atoms with van der Waals surface area (Å²) in [5.41, 5.74) is 2.05. The molecule has 0 aliphatic heterocycles. The number of rotatable bonds is 8. The summed E-state index contributed by atoms with van der Waals surface area (Å²) in [5.74, 6) is 0.113. The van der Waals surface area contributed by atoms with E-state index in [1.54, 1.807) is 4.90 Å². The first-order valence-electron chi connectivity index (χ1n) is 7.46. The first kappa shape index (κ1) is 15.7. The molecule has 0 atom stereocenters. The summed E-state index contributed by atoms with van der Waals surface area (Å²) < 4.78 is 0. The zero-order valence-corrected chi connectivity index (χ0v) is 12.6. The van der Waals surface area contributed by atoms with Gasteiger partial charge in [-0.3, -0.25) is 4.79 Å². The highest BCUT2D eigenvalue weighted by molar-refractivity contribution is 5.95. The third-order valence-electron chi connectivity index (χ3n) is 3.45. The smallest absolute Gasteiger partial charge is 0.253 e. The molecule has 1 amide bonds. The summed E-state index contributed by atoms with van der Waals surface area (Å²) in [4.78, 5) is 13.7. The van der Waals surface area contributed by atoms with Crippen molar-refractivity contribution in [2.75, 3.05) is 14.1 Å². The number of carbonyl (C=O) groups is 1. The van der Waals surface area contributed by atoms with E-state index >= 15 is 0 Å². The number of amides is 1. The molecular weight excluding hydrogens is 234 g/mol. The largest absolute Gasteiger partial charge is 0.345 e. The van der Waals surface area contributed by atoms with E-state index in [0.29, 0.717) is 0 Å². The number of unbranched alkanes of at least 4 members (excludes halogenated alkanes) is 5. The molecule has 0 saturated carbocycles. The maximum atomic E-state index is 12.1. The molecule has 0 aliphatic rings. The quantitative estimate of drug-likeness (QED) is 0.639. The van der Waals surface area contributed by atoms with Crippen LogP contribution >= 0.6 is 0 Å². The molecule has 0 radical (unpaired) electrons. The van der Waals surface area contributed by atoms with E-state index in [1.807, 2.05) is 32.3 Å². The van der Waals surface area contributed by atoms with Crippen molar-refractivity contribution < 1.29 is 4.79 Å². The third kappa shape index (κ3) is 5.46. The molecule has 0 bridgehead atoms. The van der Waals surface area contributed by atoms with Crippen molar-refractivity contribution in [1.29, 1.82) is 0 Å². The van der Waals surface area contributed by atoms with E-state index in [-0.39, 0.29) is 5.91 Å². The Kier molecular flexibility index (Phi) is 7.24. The predicted molar refractivity (Wildman–Crippen MR) is 81.5 cm³/mol. The lowest BCUT2D eigenvalue weighted by molar-refractivity contribution is 0.0826. The van der Waals surface area contributed by atoms with Crippen molar-refractivity contribution in [2.24, 2.45) is 0 Å². The van der Waals surface area contributed by atoms with Gasteiger partial charge >= 0.3 is 0 Å². The van der Waals surface area contributed by atoms with Crippen LogP contribution in [0.3, 0.4) is 0 Å². The predicted octanol–water partition coefficient (Wildman–Crippen LogP) is 4.29. The standard InChI is InChI=1S/C17H27NO/c1-4-5-6-7-8-9-12-15-13-10-11-14-16(15)17(19)18(2)3/h10-11,13-14H,4-9,12H2,1-3H3. The van der Waals surface area contributed by atoms with Gasteiger partial charge in [-0.1, -0.05) is 57.2 Å². The molecule has 106 valence electrons. The molecule has 0 aliphatic carbocycles. The molecule has 2 nitrogen and oxygen atoms in total. The molecule has 0 aromatic heterocycles.